The molecule has 1 fully saturated rings. The lowest BCUT2D eigenvalue weighted by Gasteiger charge is -2.07. The van der Waals surface area contributed by atoms with Crippen molar-refractivity contribution < 1.29 is 14.3 Å². The van der Waals surface area contributed by atoms with Gasteiger partial charge in [0, 0.05) is 0 Å². The lowest BCUT2D eigenvalue weighted by atomic mass is 9.94. The Kier molecular flexibility index (Phi) is 2.00. The van der Waals surface area contributed by atoms with Gasteiger partial charge in [-0.05, 0) is 12.3 Å². The zero-order chi connectivity index (χ0) is 9.26. The van der Waals surface area contributed by atoms with Crippen molar-refractivity contribution in [2.45, 2.75) is 12.8 Å². The summed E-state index contributed by atoms with van der Waals surface area (Å²) in [5.74, 6) is -0.687. The standard InChI is InChI=1S/C10H10O3/c11-9-6-8(10(12)13-9)5-7-3-1-2-4-7/h1-4,7-8H,5-6H2. The zero-order valence-corrected chi connectivity index (χ0v) is 7.10. The van der Waals surface area contributed by atoms with Crippen LogP contribution >= 0.6 is 0 Å². The van der Waals surface area contributed by atoms with E-state index in [2.05, 4.69) is 4.74 Å². The molecule has 0 aromatic carbocycles. The molecule has 13 heavy (non-hydrogen) atoms. The number of hydrogen-bond acceptors (Lipinski definition) is 3. The maximum Gasteiger partial charge on any atom is 0.317 e. The molecular formula is C10H10O3. The third-order valence-electron chi connectivity index (χ3n) is 2.35. The van der Waals surface area contributed by atoms with Gasteiger partial charge in [-0.2, -0.15) is 0 Å². The van der Waals surface area contributed by atoms with Crippen molar-refractivity contribution in [3.05, 3.63) is 24.3 Å². The van der Waals surface area contributed by atoms with E-state index in [0.29, 0.717) is 12.3 Å². The Morgan fingerprint density at radius 3 is 2.54 bits per heavy atom. The molecule has 1 heterocycles. The van der Waals surface area contributed by atoms with E-state index in [0.717, 1.165) is 0 Å². The summed E-state index contributed by atoms with van der Waals surface area (Å²) in [6.07, 6.45) is 8.89. The van der Waals surface area contributed by atoms with E-state index >= 15 is 0 Å². The van der Waals surface area contributed by atoms with Gasteiger partial charge >= 0.3 is 11.9 Å². The molecule has 0 bridgehead atoms. The van der Waals surface area contributed by atoms with Crippen LogP contribution in [-0.4, -0.2) is 11.9 Å². The molecule has 2 rings (SSSR count). The van der Waals surface area contributed by atoms with Crippen LogP contribution in [-0.2, 0) is 14.3 Å². The quantitative estimate of drug-likeness (QED) is 0.471. The van der Waals surface area contributed by atoms with E-state index < -0.39 is 0 Å². The van der Waals surface area contributed by atoms with E-state index in [1.807, 2.05) is 24.3 Å². The van der Waals surface area contributed by atoms with Gasteiger partial charge in [0.15, 0.2) is 0 Å². The van der Waals surface area contributed by atoms with E-state index in [-0.39, 0.29) is 24.3 Å². The Morgan fingerprint density at radius 1 is 1.31 bits per heavy atom. The molecule has 0 spiro atoms. The van der Waals surface area contributed by atoms with Crippen molar-refractivity contribution in [3.63, 3.8) is 0 Å². The van der Waals surface area contributed by atoms with E-state index in [1.165, 1.54) is 0 Å². The molecule has 68 valence electrons. The van der Waals surface area contributed by atoms with Gasteiger partial charge in [-0.25, -0.2) is 0 Å². The van der Waals surface area contributed by atoms with Crippen molar-refractivity contribution in [3.8, 4) is 0 Å². The predicted octanol–water partition coefficient (Wildman–Crippen LogP) is 1.21. The second-order valence-electron chi connectivity index (χ2n) is 3.36. The summed E-state index contributed by atoms with van der Waals surface area (Å²) < 4.78 is 4.46. The summed E-state index contributed by atoms with van der Waals surface area (Å²) >= 11 is 0. The minimum absolute atomic E-state index is 0.232. The summed E-state index contributed by atoms with van der Waals surface area (Å²) in [5.41, 5.74) is 0. The first kappa shape index (κ1) is 8.23. The third-order valence-corrected chi connectivity index (χ3v) is 2.35. The molecule has 0 aromatic heterocycles. The van der Waals surface area contributed by atoms with Crippen LogP contribution in [0.15, 0.2) is 24.3 Å². The Balaban J connectivity index is 1.95. The van der Waals surface area contributed by atoms with Gasteiger partial charge in [-0.15, -0.1) is 0 Å². The minimum atomic E-state index is -0.388. The Morgan fingerprint density at radius 2 is 2.00 bits per heavy atom. The first-order valence-corrected chi connectivity index (χ1v) is 4.35. The highest BCUT2D eigenvalue weighted by molar-refractivity contribution is 5.94. The summed E-state index contributed by atoms with van der Waals surface area (Å²) in [6.45, 7) is 0. The van der Waals surface area contributed by atoms with Gasteiger partial charge in [-0.1, -0.05) is 24.3 Å². The van der Waals surface area contributed by atoms with Crippen molar-refractivity contribution in [1.29, 1.82) is 0 Å². The largest absolute Gasteiger partial charge is 0.393 e. The number of rotatable bonds is 2. The Bertz CT molecular complexity index is 289. The van der Waals surface area contributed by atoms with E-state index in [1.54, 1.807) is 0 Å². The van der Waals surface area contributed by atoms with Crippen molar-refractivity contribution in [1.82, 2.24) is 0 Å². The lowest BCUT2D eigenvalue weighted by molar-refractivity contribution is -0.153. The molecule has 3 heteroatoms. The molecule has 1 unspecified atom stereocenters. The second kappa shape index (κ2) is 3.17. The first-order chi connectivity index (χ1) is 6.25. The molecule has 2 aliphatic rings. The monoisotopic (exact) mass is 178 g/mol. The Hall–Kier alpha value is -1.38. The van der Waals surface area contributed by atoms with Crippen LogP contribution in [0.2, 0.25) is 0 Å². The number of hydrogen-bond donors (Lipinski definition) is 0. The summed E-state index contributed by atoms with van der Waals surface area (Å²) in [7, 11) is 0. The van der Waals surface area contributed by atoms with Gasteiger partial charge < -0.3 is 4.74 Å². The minimum Gasteiger partial charge on any atom is -0.393 e. The molecule has 1 atom stereocenters. The highest BCUT2D eigenvalue weighted by Crippen LogP contribution is 2.26. The van der Waals surface area contributed by atoms with Crippen LogP contribution < -0.4 is 0 Å². The number of ether oxygens (including phenoxy) is 1. The summed E-state index contributed by atoms with van der Waals surface area (Å²) in [4.78, 5) is 21.8. The molecular weight excluding hydrogens is 168 g/mol. The fraction of sp³-hybridized carbons (Fsp3) is 0.400. The summed E-state index contributed by atoms with van der Waals surface area (Å²) in [6, 6.07) is 0. The zero-order valence-electron chi connectivity index (χ0n) is 7.10. The molecule has 0 N–H and O–H groups in total. The maximum atomic E-state index is 11.1. The number of esters is 2. The van der Waals surface area contributed by atoms with Crippen LogP contribution in [0.4, 0.5) is 0 Å². The van der Waals surface area contributed by atoms with Crippen LogP contribution in [0.1, 0.15) is 12.8 Å². The first-order valence-electron chi connectivity index (χ1n) is 4.35. The third kappa shape index (κ3) is 1.69. The lowest BCUT2D eigenvalue weighted by Crippen LogP contribution is -2.10. The predicted molar refractivity (Wildman–Crippen MR) is 45.6 cm³/mol. The topological polar surface area (TPSA) is 43.4 Å². The molecule has 0 radical (unpaired) electrons. The van der Waals surface area contributed by atoms with Crippen molar-refractivity contribution in [2.75, 3.05) is 0 Å². The van der Waals surface area contributed by atoms with Crippen LogP contribution in [0, 0.1) is 11.8 Å². The molecule has 0 aromatic rings. The van der Waals surface area contributed by atoms with Gasteiger partial charge in [0.25, 0.3) is 0 Å². The van der Waals surface area contributed by atoms with Crippen LogP contribution in [0.5, 0.6) is 0 Å². The van der Waals surface area contributed by atoms with Gasteiger partial charge in [0.1, 0.15) is 0 Å². The number of cyclic esters (lactones) is 2. The maximum absolute atomic E-state index is 11.1. The van der Waals surface area contributed by atoms with Crippen molar-refractivity contribution in [2.24, 2.45) is 11.8 Å². The van der Waals surface area contributed by atoms with Crippen LogP contribution in [0.25, 0.3) is 0 Å². The van der Waals surface area contributed by atoms with Gasteiger partial charge in [-0.3, -0.25) is 9.59 Å². The smallest absolute Gasteiger partial charge is 0.317 e. The van der Waals surface area contributed by atoms with Gasteiger partial charge in [0.2, 0.25) is 0 Å². The molecule has 1 aliphatic carbocycles. The van der Waals surface area contributed by atoms with E-state index in [9.17, 15) is 9.59 Å². The Labute approximate surface area is 76.1 Å². The highest BCUT2D eigenvalue weighted by atomic mass is 16.6. The molecule has 1 aliphatic heterocycles. The van der Waals surface area contributed by atoms with Crippen LogP contribution in [0.3, 0.4) is 0 Å². The molecule has 3 nitrogen and oxygen atoms in total. The SMILES string of the molecule is O=C1CC(CC2C=CC=C2)C(=O)O1. The average molecular weight is 178 g/mol. The van der Waals surface area contributed by atoms with Crippen molar-refractivity contribution >= 4 is 11.9 Å². The number of carbonyl (C=O) groups excluding carboxylic acids is 2. The molecule has 0 saturated carbocycles. The fourth-order valence-corrected chi connectivity index (χ4v) is 1.66. The fourth-order valence-electron chi connectivity index (χ4n) is 1.66. The molecule has 0 amide bonds. The molecule has 1 saturated heterocycles. The van der Waals surface area contributed by atoms with E-state index in [4.69, 9.17) is 0 Å². The summed E-state index contributed by atoms with van der Waals surface area (Å²) in [5, 5.41) is 0. The second-order valence-corrected chi connectivity index (χ2v) is 3.36. The number of allylic oxidation sites excluding steroid dienone is 4. The van der Waals surface area contributed by atoms with Gasteiger partial charge in [0.05, 0.1) is 12.3 Å². The normalized spacial score (nSPS) is 27.2. The number of carbonyl (C=O) groups is 2. The average Bonchev–Trinajstić information content (AvgIpc) is 2.63. The highest BCUT2D eigenvalue weighted by Gasteiger charge is 2.34.